The van der Waals surface area contributed by atoms with Gasteiger partial charge in [-0.1, -0.05) is 0 Å². The number of ether oxygens (including phenoxy) is 2. The zero-order valence-corrected chi connectivity index (χ0v) is 6.17. The summed E-state index contributed by atoms with van der Waals surface area (Å²) >= 11 is 0. The Balaban J connectivity index is 2.55. The standard InChI is InChI=1S/C6H12O5/c1-10-5-3(7)2-11-6(9)4(5)8/h3-9H,2H2,1H3/t3-,4-,5+,6+/m1/s1. The van der Waals surface area contributed by atoms with Crippen molar-refractivity contribution >= 4 is 0 Å². The van der Waals surface area contributed by atoms with E-state index in [0.717, 1.165) is 0 Å². The summed E-state index contributed by atoms with van der Waals surface area (Å²) in [6, 6.07) is 0. The predicted molar refractivity (Wildman–Crippen MR) is 34.8 cm³/mol. The molecular weight excluding hydrogens is 152 g/mol. The lowest BCUT2D eigenvalue weighted by Crippen LogP contribution is -2.53. The van der Waals surface area contributed by atoms with Crippen LogP contribution in [0, 0.1) is 0 Å². The fraction of sp³-hybridized carbons (Fsp3) is 1.00. The molecule has 4 atom stereocenters. The van der Waals surface area contributed by atoms with E-state index in [0.29, 0.717) is 0 Å². The second kappa shape index (κ2) is 3.46. The molecule has 0 bridgehead atoms. The van der Waals surface area contributed by atoms with Crippen LogP contribution in [0.25, 0.3) is 0 Å². The Morgan fingerprint density at radius 3 is 2.45 bits per heavy atom. The summed E-state index contributed by atoms with van der Waals surface area (Å²) in [5, 5.41) is 27.2. The van der Waals surface area contributed by atoms with Gasteiger partial charge in [0.15, 0.2) is 6.29 Å². The van der Waals surface area contributed by atoms with Gasteiger partial charge in [0.25, 0.3) is 0 Å². The minimum atomic E-state index is -1.26. The molecule has 0 aromatic heterocycles. The summed E-state index contributed by atoms with van der Waals surface area (Å²) in [7, 11) is 1.36. The van der Waals surface area contributed by atoms with Gasteiger partial charge in [-0.15, -0.1) is 0 Å². The first kappa shape index (κ1) is 8.89. The predicted octanol–water partition coefficient (Wildman–Crippen LogP) is -1.93. The van der Waals surface area contributed by atoms with Gasteiger partial charge in [0.1, 0.15) is 18.3 Å². The molecule has 1 rings (SSSR count). The summed E-state index contributed by atoms with van der Waals surface area (Å²) in [6.45, 7) is -0.0171. The van der Waals surface area contributed by atoms with Crippen molar-refractivity contribution in [3.8, 4) is 0 Å². The summed E-state index contributed by atoms with van der Waals surface area (Å²) in [5.41, 5.74) is 0. The number of aliphatic hydroxyl groups is 3. The molecule has 1 saturated heterocycles. The maximum Gasteiger partial charge on any atom is 0.183 e. The van der Waals surface area contributed by atoms with Gasteiger partial charge in [0.2, 0.25) is 0 Å². The van der Waals surface area contributed by atoms with Crippen LogP contribution in [0.3, 0.4) is 0 Å². The van der Waals surface area contributed by atoms with Gasteiger partial charge in [0.05, 0.1) is 6.61 Å². The van der Waals surface area contributed by atoms with Crippen molar-refractivity contribution < 1.29 is 24.8 Å². The van der Waals surface area contributed by atoms with E-state index in [1.807, 2.05) is 0 Å². The van der Waals surface area contributed by atoms with Crippen molar-refractivity contribution in [1.29, 1.82) is 0 Å². The minimum absolute atomic E-state index is 0.0171. The summed E-state index contributed by atoms with van der Waals surface area (Å²) in [4.78, 5) is 0. The van der Waals surface area contributed by atoms with E-state index in [9.17, 15) is 0 Å². The Labute approximate surface area is 64.2 Å². The largest absolute Gasteiger partial charge is 0.388 e. The average Bonchev–Trinajstić information content (AvgIpc) is 1.99. The molecule has 0 aromatic carbocycles. The average molecular weight is 164 g/mol. The molecule has 1 heterocycles. The molecular formula is C6H12O5. The van der Waals surface area contributed by atoms with Crippen LogP contribution in [0.5, 0.6) is 0 Å². The van der Waals surface area contributed by atoms with Crippen molar-refractivity contribution in [3.63, 3.8) is 0 Å². The highest BCUT2D eigenvalue weighted by Gasteiger charge is 2.37. The van der Waals surface area contributed by atoms with Crippen LogP contribution >= 0.6 is 0 Å². The molecule has 0 aliphatic carbocycles. The van der Waals surface area contributed by atoms with Crippen LogP contribution < -0.4 is 0 Å². The highest BCUT2D eigenvalue weighted by molar-refractivity contribution is 4.82. The van der Waals surface area contributed by atoms with Gasteiger partial charge >= 0.3 is 0 Å². The second-order valence-corrected chi connectivity index (χ2v) is 2.48. The van der Waals surface area contributed by atoms with Gasteiger partial charge in [-0.25, -0.2) is 0 Å². The molecule has 5 heteroatoms. The first-order valence-corrected chi connectivity index (χ1v) is 3.35. The molecule has 0 saturated carbocycles. The Bertz CT molecular complexity index is 128. The van der Waals surface area contributed by atoms with Crippen molar-refractivity contribution in [2.45, 2.75) is 24.6 Å². The monoisotopic (exact) mass is 164 g/mol. The minimum Gasteiger partial charge on any atom is -0.388 e. The molecule has 0 spiro atoms. The summed E-state index contributed by atoms with van der Waals surface area (Å²) < 4.78 is 9.36. The van der Waals surface area contributed by atoms with E-state index in [1.54, 1.807) is 0 Å². The molecule has 0 aromatic rings. The van der Waals surface area contributed by atoms with E-state index in [1.165, 1.54) is 7.11 Å². The van der Waals surface area contributed by atoms with Crippen LogP contribution in [-0.2, 0) is 9.47 Å². The third kappa shape index (κ3) is 1.69. The molecule has 66 valence electrons. The Kier molecular flexibility index (Phi) is 2.80. The Hall–Kier alpha value is -0.200. The van der Waals surface area contributed by atoms with Crippen LogP contribution in [0.2, 0.25) is 0 Å². The quantitative estimate of drug-likeness (QED) is 0.420. The van der Waals surface area contributed by atoms with Gasteiger partial charge in [0, 0.05) is 7.11 Å². The lowest BCUT2D eigenvalue weighted by atomic mass is 10.1. The van der Waals surface area contributed by atoms with Crippen LogP contribution in [0.4, 0.5) is 0 Å². The SMILES string of the molecule is CO[C@@H]1[C@@H](O)[C@@H](O)OC[C@H]1O. The van der Waals surface area contributed by atoms with E-state index in [-0.39, 0.29) is 6.61 Å². The highest BCUT2D eigenvalue weighted by Crippen LogP contribution is 2.15. The fourth-order valence-electron chi connectivity index (χ4n) is 1.08. The molecule has 5 nitrogen and oxygen atoms in total. The van der Waals surface area contributed by atoms with Crippen LogP contribution in [-0.4, -0.2) is 53.6 Å². The van der Waals surface area contributed by atoms with E-state index in [4.69, 9.17) is 20.1 Å². The van der Waals surface area contributed by atoms with E-state index in [2.05, 4.69) is 4.74 Å². The van der Waals surface area contributed by atoms with E-state index >= 15 is 0 Å². The normalized spacial score (nSPS) is 45.8. The lowest BCUT2D eigenvalue weighted by Gasteiger charge is -2.34. The van der Waals surface area contributed by atoms with Crippen molar-refractivity contribution in [1.82, 2.24) is 0 Å². The van der Waals surface area contributed by atoms with Crippen LogP contribution in [0.1, 0.15) is 0 Å². The van der Waals surface area contributed by atoms with Gasteiger partial charge in [-0.2, -0.15) is 0 Å². The number of hydrogen-bond acceptors (Lipinski definition) is 5. The summed E-state index contributed by atoms with van der Waals surface area (Å²) in [5.74, 6) is 0. The van der Waals surface area contributed by atoms with Gasteiger partial charge < -0.3 is 24.8 Å². The molecule has 1 aliphatic heterocycles. The first-order chi connectivity index (χ1) is 5.16. The van der Waals surface area contributed by atoms with Crippen molar-refractivity contribution in [2.24, 2.45) is 0 Å². The Morgan fingerprint density at radius 1 is 1.36 bits per heavy atom. The smallest absolute Gasteiger partial charge is 0.183 e. The molecule has 3 N–H and O–H groups in total. The maximum absolute atomic E-state index is 9.15. The third-order valence-electron chi connectivity index (χ3n) is 1.72. The van der Waals surface area contributed by atoms with Gasteiger partial charge in [-0.3, -0.25) is 0 Å². The molecule has 11 heavy (non-hydrogen) atoms. The number of hydrogen-bond donors (Lipinski definition) is 3. The van der Waals surface area contributed by atoms with Gasteiger partial charge in [-0.05, 0) is 0 Å². The zero-order valence-electron chi connectivity index (χ0n) is 6.17. The molecule has 1 fully saturated rings. The van der Waals surface area contributed by atoms with Crippen molar-refractivity contribution in [2.75, 3.05) is 13.7 Å². The second-order valence-electron chi connectivity index (χ2n) is 2.48. The summed E-state index contributed by atoms with van der Waals surface area (Å²) in [6.07, 6.45) is -4.08. The highest BCUT2D eigenvalue weighted by atomic mass is 16.6. The van der Waals surface area contributed by atoms with Crippen molar-refractivity contribution in [3.05, 3.63) is 0 Å². The fourth-order valence-corrected chi connectivity index (χ4v) is 1.08. The zero-order chi connectivity index (χ0) is 8.43. The number of aliphatic hydroxyl groups excluding tert-OH is 3. The van der Waals surface area contributed by atoms with E-state index < -0.39 is 24.6 Å². The topological polar surface area (TPSA) is 79.2 Å². The van der Waals surface area contributed by atoms with Crippen LogP contribution in [0.15, 0.2) is 0 Å². The maximum atomic E-state index is 9.15. The molecule has 0 amide bonds. The number of methoxy groups -OCH3 is 1. The molecule has 0 radical (unpaired) electrons. The molecule has 0 unspecified atom stereocenters. The third-order valence-corrected chi connectivity index (χ3v) is 1.72. The molecule has 1 aliphatic rings. The first-order valence-electron chi connectivity index (χ1n) is 3.35. The lowest BCUT2D eigenvalue weighted by molar-refractivity contribution is -0.257. The number of rotatable bonds is 1. The Morgan fingerprint density at radius 2 is 2.00 bits per heavy atom.